The van der Waals surface area contributed by atoms with E-state index < -0.39 is 0 Å². The lowest BCUT2D eigenvalue weighted by Gasteiger charge is -2.34. The van der Waals surface area contributed by atoms with Crippen LogP contribution in [0.2, 0.25) is 0 Å². The molecule has 1 aromatic rings. The lowest BCUT2D eigenvalue weighted by molar-refractivity contribution is 0.290. The highest BCUT2D eigenvalue weighted by Crippen LogP contribution is 2.36. The summed E-state index contributed by atoms with van der Waals surface area (Å²) in [6, 6.07) is 6.20. The molecule has 1 atom stereocenters. The predicted molar refractivity (Wildman–Crippen MR) is 68.7 cm³/mol. The van der Waals surface area contributed by atoms with E-state index in [1.54, 1.807) is 7.11 Å². The Balaban J connectivity index is 3.33. The average Bonchev–Trinajstić information content (AvgIpc) is 2.27. The first kappa shape index (κ1) is 13.0. The standard InChI is InChI=1S/C14H23NO/c1-6-14(15,10(2)3)12-9-11(4)7-8-13(12)16-5/h7-10H,6,15H2,1-5H3. The van der Waals surface area contributed by atoms with Gasteiger partial charge in [0.1, 0.15) is 5.75 Å². The smallest absolute Gasteiger partial charge is 0.123 e. The summed E-state index contributed by atoms with van der Waals surface area (Å²) >= 11 is 0. The fourth-order valence-electron chi connectivity index (χ4n) is 2.10. The molecule has 0 saturated heterocycles. The van der Waals surface area contributed by atoms with Gasteiger partial charge in [0.05, 0.1) is 7.11 Å². The van der Waals surface area contributed by atoms with Crippen molar-refractivity contribution in [2.75, 3.05) is 7.11 Å². The minimum atomic E-state index is -0.308. The third kappa shape index (κ3) is 2.22. The molecule has 1 rings (SSSR count). The summed E-state index contributed by atoms with van der Waals surface area (Å²) in [5.41, 5.74) is 8.56. The van der Waals surface area contributed by atoms with Gasteiger partial charge in [0.25, 0.3) is 0 Å². The molecule has 2 nitrogen and oxygen atoms in total. The van der Waals surface area contributed by atoms with Crippen molar-refractivity contribution >= 4 is 0 Å². The molecule has 0 heterocycles. The maximum absolute atomic E-state index is 6.53. The molecular weight excluding hydrogens is 198 g/mol. The molecule has 0 spiro atoms. The van der Waals surface area contributed by atoms with Crippen LogP contribution in [0.1, 0.15) is 38.3 Å². The van der Waals surface area contributed by atoms with Crippen LogP contribution >= 0.6 is 0 Å². The molecule has 0 fully saturated rings. The number of rotatable bonds is 4. The summed E-state index contributed by atoms with van der Waals surface area (Å²) in [4.78, 5) is 0. The summed E-state index contributed by atoms with van der Waals surface area (Å²) in [5.74, 6) is 1.27. The fraction of sp³-hybridized carbons (Fsp3) is 0.571. The van der Waals surface area contributed by atoms with Gasteiger partial charge in [-0.1, -0.05) is 38.5 Å². The molecule has 1 unspecified atom stereocenters. The molecule has 0 saturated carbocycles. The SMILES string of the molecule is CCC(N)(c1cc(C)ccc1OC)C(C)C. The number of ether oxygens (including phenoxy) is 1. The normalized spacial score (nSPS) is 14.9. The largest absolute Gasteiger partial charge is 0.496 e. The minimum absolute atomic E-state index is 0.308. The molecule has 0 bridgehead atoms. The third-order valence-corrected chi connectivity index (χ3v) is 3.47. The Bertz CT molecular complexity index is 360. The van der Waals surface area contributed by atoms with Crippen molar-refractivity contribution in [2.45, 2.75) is 39.7 Å². The number of aryl methyl sites for hydroxylation is 1. The highest BCUT2D eigenvalue weighted by molar-refractivity contribution is 5.42. The molecule has 0 aliphatic heterocycles. The van der Waals surface area contributed by atoms with Crippen LogP contribution in [0.15, 0.2) is 18.2 Å². The van der Waals surface area contributed by atoms with E-state index in [0.717, 1.165) is 17.7 Å². The van der Waals surface area contributed by atoms with Gasteiger partial charge >= 0.3 is 0 Å². The van der Waals surface area contributed by atoms with E-state index >= 15 is 0 Å². The zero-order valence-corrected chi connectivity index (χ0v) is 11.0. The van der Waals surface area contributed by atoms with Crippen molar-refractivity contribution in [3.8, 4) is 5.75 Å². The van der Waals surface area contributed by atoms with Gasteiger partial charge in [-0.3, -0.25) is 0 Å². The molecule has 0 amide bonds. The van der Waals surface area contributed by atoms with Gasteiger partial charge < -0.3 is 10.5 Å². The van der Waals surface area contributed by atoms with Crippen molar-refractivity contribution < 1.29 is 4.74 Å². The van der Waals surface area contributed by atoms with Crippen LogP contribution in [0.5, 0.6) is 5.75 Å². The van der Waals surface area contributed by atoms with Gasteiger partial charge in [-0.15, -0.1) is 0 Å². The number of benzene rings is 1. The third-order valence-electron chi connectivity index (χ3n) is 3.47. The molecule has 0 aliphatic rings. The van der Waals surface area contributed by atoms with Crippen molar-refractivity contribution in [1.29, 1.82) is 0 Å². The van der Waals surface area contributed by atoms with Crippen molar-refractivity contribution in [1.82, 2.24) is 0 Å². The van der Waals surface area contributed by atoms with Gasteiger partial charge in [0, 0.05) is 11.1 Å². The zero-order valence-electron chi connectivity index (χ0n) is 11.0. The summed E-state index contributed by atoms with van der Waals surface area (Å²) < 4.78 is 5.42. The second kappa shape index (κ2) is 4.88. The summed E-state index contributed by atoms with van der Waals surface area (Å²) in [6.07, 6.45) is 0.907. The Labute approximate surface area is 98.8 Å². The first-order valence-corrected chi connectivity index (χ1v) is 5.89. The average molecular weight is 221 g/mol. The van der Waals surface area contributed by atoms with E-state index in [1.165, 1.54) is 5.56 Å². The summed E-state index contributed by atoms with van der Waals surface area (Å²) in [6.45, 7) is 8.53. The van der Waals surface area contributed by atoms with Gasteiger partial charge in [0.2, 0.25) is 0 Å². The van der Waals surface area contributed by atoms with Crippen LogP contribution in [-0.2, 0) is 5.54 Å². The van der Waals surface area contributed by atoms with Gasteiger partial charge in [-0.05, 0) is 25.3 Å². The number of nitrogens with two attached hydrogens (primary N) is 1. The Hall–Kier alpha value is -1.02. The van der Waals surface area contributed by atoms with Crippen molar-refractivity contribution in [2.24, 2.45) is 11.7 Å². The Morgan fingerprint density at radius 1 is 1.38 bits per heavy atom. The first-order valence-electron chi connectivity index (χ1n) is 5.89. The van der Waals surface area contributed by atoms with Crippen LogP contribution < -0.4 is 10.5 Å². The molecule has 1 aromatic carbocycles. The predicted octanol–water partition coefficient (Wildman–Crippen LogP) is 3.22. The van der Waals surface area contributed by atoms with Crippen molar-refractivity contribution in [3.05, 3.63) is 29.3 Å². The monoisotopic (exact) mass is 221 g/mol. The number of hydrogen-bond donors (Lipinski definition) is 1. The zero-order chi connectivity index (χ0) is 12.3. The van der Waals surface area contributed by atoms with Crippen LogP contribution in [0.25, 0.3) is 0 Å². The van der Waals surface area contributed by atoms with E-state index in [2.05, 4.69) is 39.8 Å². The minimum Gasteiger partial charge on any atom is -0.496 e. The topological polar surface area (TPSA) is 35.2 Å². The maximum Gasteiger partial charge on any atom is 0.123 e. The number of hydrogen-bond acceptors (Lipinski definition) is 2. The Morgan fingerprint density at radius 2 is 2.00 bits per heavy atom. The van der Waals surface area contributed by atoms with Crippen LogP contribution in [0.3, 0.4) is 0 Å². The van der Waals surface area contributed by atoms with E-state index in [0.29, 0.717) is 5.92 Å². The number of methoxy groups -OCH3 is 1. The molecule has 2 heteroatoms. The summed E-state index contributed by atoms with van der Waals surface area (Å²) in [7, 11) is 1.70. The van der Waals surface area contributed by atoms with E-state index in [9.17, 15) is 0 Å². The second-order valence-corrected chi connectivity index (χ2v) is 4.75. The highest BCUT2D eigenvalue weighted by atomic mass is 16.5. The highest BCUT2D eigenvalue weighted by Gasteiger charge is 2.31. The molecule has 0 radical (unpaired) electrons. The van der Waals surface area contributed by atoms with Crippen LogP contribution in [0, 0.1) is 12.8 Å². The van der Waals surface area contributed by atoms with Crippen LogP contribution in [0.4, 0.5) is 0 Å². The van der Waals surface area contributed by atoms with E-state index in [4.69, 9.17) is 10.5 Å². The molecule has 0 aromatic heterocycles. The lowest BCUT2D eigenvalue weighted by Crippen LogP contribution is -2.41. The second-order valence-electron chi connectivity index (χ2n) is 4.75. The molecule has 0 aliphatic carbocycles. The molecule has 2 N–H and O–H groups in total. The first-order chi connectivity index (χ1) is 7.45. The molecule has 90 valence electrons. The lowest BCUT2D eigenvalue weighted by atomic mass is 9.78. The van der Waals surface area contributed by atoms with Crippen molar-refractivity contribution in [3.63, 3.8) is 0 Å². The van der Waals surface area contributed by atoms with E-state index in [-0.39, 0.29) is 5.54 Å². The molecule has 16 heavy (non-hydrogen) atoms. The van der Waals surface area contributed by atoms with Gasteiger partial charge in [-0.2, -0.15) is 0 Å². The summed E-state index contributed by atoms with van der Waals surface area (Å²) in [5, 5.41) is 0. The van der Waals surface area contributed by atoms with Crippen LogP contribution in [-0.4, -0.2) is 7.11 Å². The maximum atomic E-state index is 6.53. The van der Waals surface area contributed by atoms with E-state index in [1.807, 2.05) is 6.07 Å². The van der Waals surface area contributed by atoms with Gasteiger partial charge in [0.15, 0.2) is 0 Å². The molecular formula is C14H23NO. The Kier molecular flexibility index (Phi) is 3.98. The fourth-order valence-corrected chi connectivity index (χ4v) is 2.10. The van der Waals surface area contributed by atoms with Gasteiger partial charge in [-0.25, -0.2) is 0 Å². The Morgan fingerprint density at radius 3 is 2.44 bits per heavy atom. The quantitative estimate of drug-likeness (QED) is 0.847.